The first kappa shape index (κ1) is 24.5. The lowest BCUT2D eigenvalue weighted by Crippen LogP contribution is -2.18. The Bertz CT molecular complexity index is 1150. The molecule has 1 fully saturated rings. The number of hydrogen-bond donors (Lipinski definition) is 0. The summed E-state index contributed by atoms with van der Waals surface area (Å²) in [5.74, 6) is 0.291. The monoisotopic (exact) mass is 477 g/mol. The fourth-order valence-corrected chi connectivity index (χ4v) is 4.23. The minimum absolute atomic E-state index is 0.176. The van der Waals surface area contributed by atoms with Crippen molar-refractivity contribution in [3.8, 4) is 11.5 Å². The Morgan fingerprint density at radius 3 is 2.49 bits per heavy atom. The summed E-state index contributed by atoms with van der Waals surface area (Å²) in [5, 5.41) is 0. The van der Waals surface area contributed by atoms with Gasteiger partial charge in [-0.1, -0.05) is 30.3 Å². The van der Waals surface area contributed by atoms with Gasteiger partial charge >= 0.3 is 5.97 Å². The minimum atomic E-state index is -0.605. The molecule has 0 aliphatic carbocycles. The summed E-state index contributed by atoms with van der Waals surface area (Å²) in [5.41, 5.74) is 2.69. The number of aromatic nitrogens is 1. The molecule has 1 aliphatic rings. The third-order valence-electron chi connectivity index (χ3n) is 6.08. The van der Waals surface area contributed by atoms with Crippen molar-refractivity contribution in [3.63, 3.8) is 0 Å². The molecule has 184 valence electrons. The number of esters is 1. The topological polar surface area (TPSA) is 76.0 Å². The summed E-state index contributed by atoms with van der Waals surface area (Å²) in [6, 6.07) is 18.1. The Kier molecular flexibility index (Phi) is 8.21. The van der Waals surface area contributed by atoms with Crippen molar-refractivity contribution >= 4 is 11.8 Å². The van der Waals surface area contributed by atoms with Crippen LogP contribution in [0.3, 0.4) is 0 Å². The van der Waals surface area contributed by atoms with Gasteiger partial charge in [0.2, 0.25) is 5.78 Å². The normalized spacial score (nSPS) is 15.1. The molecule has 3 aromatic rings. The highest BCUT2D eigenvalue weighted by molar-refractivity contribution is 6.01. The van der Waals surface area contributed by atoms with Crippen LogP contribution < -0.4 is 9.47 Å². The molecule has 0 spiro atoms. The molecule has 1 aromatic heterocycles. The minimum Gasteiger partial charge on any atom is -0.490 e. The van der Waals surface area contributed by atoms with Crippen molar-refractivity contribution in [2.24, 2.45) is 0 Å². The van der Waals surface area contributed by atoms with Crippen LogP contribution in [0.25, 0.3) is 0 Å². The van der Waals surface area contributed by atoms with Crippen LogP contribution in [-0.4, -0.2) is 48.9 Å². The SMILES string of the molecule is Cc1cc(C(=O)COC(=O)c2ccccc2OCCOc2ccccc2)c(C)n1C[C@@H]1CCCO1. The van der Waals surface area contributed by atoms with Gasteiger partial charge in [-0.3, -0.25) is 4.79 Å². The van der Waals surface area contributed by atoms with E-state index >= 15 is 0 Å². The molecule has 1 aliphatic heterocycles. The van der Waals surface area contributed by atoms with Crippen LogP contribution >= 0.6 is 0 Å². The van der Waals surface area contributed by atoms with Gasteiger partial charge in [0.1, 0.15) is 30.3 Å². The Morgan fingerprint density at radius 1 is 0.971 bits per heavy atom. The van der Waals surface area contributed by atoms with Crippen LogP contribution in [0.15, 0.2) is 60.7 Å². The number of aryl methyl sites for hydroxylation is 1. The second kappa shape index (κ2) is 11.7. The number of carbonyl (C=O) groups is 2. The predicted molar refractivity (Wildman–Crippen MR) is 131 cm³/mol. The Morgan fingerprint density at radius 2 is 1.71 bits per heavy atom. The number of nitrogens with zero attached hydrogens (tertiary/aromatic N) is 1. The zero-order valence-electron chi connectivity index (χ0n) is 20.2. The third kappa shape index (κ3) is 6.31. The number of para-hydroxylation sites is 2. The number of hydrogen-bond acceptors (Lipinski definition) is 6. The molecule has 0 unspecified atom stereocenters. The van der Waals surface area contributed by atoms with Gasteiger partial charge in [0.05, 0.1) is 6.10 Å². The van der Waals surface area contributed by atoms with Gasteiger partial charge in [0.25, 0.3) is 0 Å². The Hall–Kier alpha value is -3.58. The number of ether oxygens (including phenoxy) is 4. The highest BCUT2D eigenvalue weighted by Gasteiger charge is 2.22. The first-order chi connectivity index (χ1) is 17.0. The fraction of sp³-hybridized carbons (Fsp3) is 0.357. The molecule has 0 N–H and O–H groups in total. The molecule has 2 aromatic carbocycles. The molecule has 7 nitrogen and oxygen atoms in total. The van der Waals surface area contributed by atoms with Crippen molar-refractivity contribution in [2.75, 3.05) is 26.4 Å². The molecule has 7 heteroatoms. The second-order valence-electron chi connectivity index (χ2n) is 8.54. The van der Waals surface area contributed by atoms with Crippen LogP contribution in [0.4, 0.5) is 0 Å². The van der Waals surface area contributed by atoms with Gasteiger partial charge in [-0.15, -0.1) is 0 Å². The molecule has 1 atom stereocenters. The number of rotatable bonds is 11. The number of benzene rings is 2. The first-order valence-corrected chi connectivity index (χ1v) is 11.9. The molecule has 0 radical (unpaired) electrons. The van der Waals surface area contributed by atoms with E-state index in [4.69, 9.17) is 18.9 Å². The van der Waals surface area contributed by atoms with Gasteiger partial charge in [0.15, 0.2) is 6.61 Å². The summed E-state index contributed by atoms with van der Waals surface area (Å²) in [6.07, 6.45) is 2.27. The van der Waals surface area contributed by atoms with E-state index in [-0.39, 0.29) is 30.7 Å². The lowest BCUT2D eigenvalue weighted by atomic mass is 10.1. The van der Waals surface area contributed by atoms with Crippen LogP contribution in [-0.2, 0) is 16.0 Å². The van der Waals surface area contributed by atoms with Crippen LogP contribution in [0.2, 0.25) is 0 Å². The molecular formula is C28H31NO6. The lowest BCUT2D eigenvalue weighted by molar-refractivity contribution is 0.0469. The molecule has 4 rings (SSSR count). The van der Waals surface area contributed by atoms with Crippen molar-refractivity contribution in [1.29, 1.82) is 0 Å². The maximum atomic E-state index is 12.9. The number of carbonyl (C=O) groups excluding carboxylic acids is 2. The van der Waals surface area contributed by atoms with E-state index in [1.54, 1.807) is 24.3 Å². The summed E-state index contributed by atoms with van der Waals surface area (Å²) in [7, 11) is 0. The molecule has 2 heterocycles. The van der Waals surface area contributed by atoms with E-state index in [0.717, 1.165) is 43.1 Å². The fourth-order valence-electron chi connectivity index (χ4n) is 4.23. The smallest absolute Gasteiger partial charge is 0.342 e. The highest BCUT2D eigenvalue weighted by atomic mass is 16.5. The van der Waals surface area contributed by atoms with Crippen LogP contribution in [0.5, 0.6) is 11.5 Å². The van der Waals surface area contributed by atoms with Gasteiger partial charge in [-0.25, -0.2) is 4.79 Å². The van der Waals surface area contributed by atoms with Gasteiger partial charge in [0, 0.05) is 30.1 Å². The van der Waals surface area contributed by atoms with E-state index in [2.05, 4.69) is 4.57 Å². The van der Waals surface area contributed by atoms with Crippen LogP contribution in [0.1, 0.15) is 44.9 Å². The number of ketones is 1. The average molecular weight is 478 g/mol. The molecular weight excluding hydrogens is 446 g/mol. The van der Waals surface area contributed by atoms with E-state index in [0.29, 0.717) is 17.9 Å². The summed E-state index contributed by atoms with van der Waals surface area (Å²) >= 11 is 0. The quantitative estimate of drug-likeness (QED) is 0.225. The van der Waals surface area contributed by atoms with Crippen LogP contribution in [0, 0.1) is 13.8 Å². The summed E-state index contributed by atoms with van der Waals surface area (Å²) < 4.78 is 24.6. The van der Waals surface area contributed by atoms with Crippen molar-refractivity contribution < 1.29 is 28.5 Å². The van der Waals surface area contributed by atoms with Gasteiger partial charge < -0.3 is 23.5 Å². The second-order valence-corrected chi connectivity index (χ2v) is 8.54. The van der Waals surface area contributed by atoms with E-state index in [1.165, 1.54) is 0 Å². The first-order valence-electron chi connectivity index (χ1n) is 11.9. The molecule has 0 amide bonds. The molecule has 0 saturated carbocycles. The average Bonchev–Trinajstić information content (AvgIpc) is 3.50. The van der Waals surface area contributed by atoms with Crippen molar-refractivity contribution in [1.82, 2.24) is 4.57 Å². The Labute approximate surface area is 205 Å². The zero-order valence-corrected chi connectivity index (χ0v) is 20.2. The highest BCUT2D eigenvalue weighted by Crippen LogP contribution is 2.22. The maximum absolute atomic E-state index is 12.9. The lowest BCUT2D eigenvalue weighted by Gasteiger charge is -2.15. The maximum Gasteiger partial charge on any atom is 0.342 e. The van der Waals surface area contributed by atoms with E-state index in [9.17, 15) is 9.59 Å². The summed E-state index contributed by atoms with van der Waals surface area (Å²) in [6.45, 7) is 5.65. The number of Topliss-reactive ketones (excluding diaryl/α,β-unsaturated/α-hetero) is 1. The van der Waals surface area contributed by atoms with Gasteiger partial charge in [-0.2, -0.15) is 0 Å². The Balaban J connectivity index is 1.32. The molecule has 0 bridgehead atoms. The third-order valence-corrected chi connectivity index (χ3v) is 6.08. The van der Waals surface area contributed by atoms with E-state index in [1.807, 2.05) is 50.2 Å². The standard InChI is InChI=1S/C28H31NO6/c1-20-17-25(21(2)29(20)18-23-11-8-14-32-23)26(30)19-35-28(31)24-12-6-7-13-27(24)34-16-15-33-22-9-4-3-5-10-22/h3-7,9-10,12-13,17,23H,8,11,14-16,18-19H2,1-2H3/t23-/m0/s1. The predicted octanol–water partition coefficient (Wildman–Crippen LogP) is 4.78. The molecule has 1 saturated heterocycles. The van der Waals surface area contributed by atoms with Gasteiger partial charge in [-0.05, 0) is 57.0 Å². The zero-order chi connectivity index (χ0) is 24.6. The van der Waals surface area contributed by atoms with Crippen molar-refractivity contribution in [2.45, 2.75) is 39.3 Å². The largest absolute Gasteiger partial charge is 0.490 e. The van der Waals surface area contributed by atoms with E-state index < -0.39 is 5.97 Å². The molecule has 35 heavy (non-hydrogen) atoms. The summed E-state index contributed by atoms with van der Waals surface area (Å²) in [4.78, 5) is 25.6. The van der Waals surface area contributed by atoms with Crippen molar-refractivity contribution in [3.05, 3.63) is 83.2 Å².